The van der Waals surface area contributed by atoms with Gasteiger partial charge in [0, 0.05) is 5.69 Å². The molecule has 0 aliphatic rings. The Morgan fingerprint density at radius 3 is 2.47 bits per heavy atom. The lowest BCUT2D eigenvalue weighted by Gasteiger charge is -2.10. The molecule has 0 aromatic heterocycles. The molecule has 17 heavy (non-hydrogen) atoms. The van der Waals surface area contributed by atoms with Crippen LogP contribution in [0.15, 0.2) is 24.3 Å². The number of rotatable bonds is 6. The number of benzene rings is 1. The minimum atomic E-state index is -0.0165. The zero-order valence-corrected chi connectivity index (χ0v) is 10.7. The van der Waals surface area contributed by atoms with Gasteiger partial charge in [-0.25, -0.2) is 0 Å². The zero-order chi connectivity index (χ0) is 12.7. The Kier molecular flexibility index (Phi) is 5.49. The SMILES string of the molecule is CCCOc1ccc(NC(=O)CN(C)C)cc1. The molecule has 0 saturated heterocycles. The van der Waals surface area contributed by atoms with Crippen molar-refractivity contribution < 1.29 is 9.53 Å². The van der Waals surface area contributed by atoms with Gasteiger partial charge in [0.1, 0.15) is 5.75 Å². The summed E-state index contributed by atoms with van der Waals surface area (Å²) >= 11 is 0. The van der Waals surface area contributed by atoms with Gasteiger partial charge in [-0.1, -0.05) is 6.92 Å². The molecule has 0 spiro atoms. The molecule has 0 aliphatic carbocycles. The van der Waals surface area contributed by atoms with E-state index in [1.807, 2.05) is 43.3 Å². The van der Waals surface area contributed by atoms with Crippen molar-refractivity contribution in [3.05, 3.63) is 24.3 Å². The Hall–Kier alpha value is -1.55. The molecule has 0 atom stereocenters. The minimum Gasteiger partial charge on any atom is -0.494 e. The number of amides is 1. The fraction of sp³-hybridized carbons (Fsp3) is 0.462. The summed E-state index contributed by atoms with van der Waals surface area (Å²) in [6.45, 7) is 3.16. The first-order valence-electron chi connectivity index (χ1n) is 5.79. The number of nitrogens with zero attached hydrogens (tertiary/aromatic N) is 1. The van der Waals surface area contributed by atoms with E-state index in [0.717, 1.165) is 17.9 Å². The second-order valence-electron chi connectivity index (χ2n) is 4.16. The lowest BCUT2D eigenvalue weighted by Crippen LogP contribution is -2.27. The monoisotopic (exact) mass is 236 g/mol. The lowest BCUT2D eigenvalue weighted by atomic mass is 10.3. The lowest BCUT2D eigenvalue weighted by molar-refractivity contribution is -0.116. The van der Waals surface area contributed by atoms with Crippen LogP contribution < -0.4 is 10.1 Å². The Morgan fingerprint density at radius 2 is 1.94 bits per heavy atom. The fourth-order valence-corrected chi connectivity index (χ4v) is 1.34. The molecule has 4 nitrogen and oxygen atoms in total. The summed E-state index contributed by atoms with van der Waals surface area (Å²) in [7, 11) is 3.72. The van der Waals surface area contributed by atoms with E-state index in [0.29, 0.717) is 13.2 Å². The van der Waals surface area contributed by atoms with Crippen molar-refractivity contribution in [2.75, 3.05) is 32.6 Å². The molecule has 1 aromatic rings. The molecule has 1 N–H and O–H groups in total. The highest BCUT2D eigenvalue weighted by atomic mass is 16.5. The number of ether oxygens (including phenoxy) is 1. The van der Waals surface area contributed by atoms with Crippen molar-refractivity contribution in [3.63, 3.8) is 0 Å². The van der Waals surface area contributed by atoms with Crippen molar-refractivity contribution in [3.8, 4) is 5.75 Å². The molecule has 0 fully saturated rings. The Labute approximate surface area is 103 Å². The first-order chi connectivity index (χ1) is 8.11. The molecule has 1 rings (SSSR count). The first-order valence-corrected chi connectivity index (χ1v) is 5.79. The largest absolute Gasteiger partial charge is 0.494 e. The normalized spacial score (nSPS) is 10.4. The molecule has 4 heteroatoms. The molecule has 0 saturated carbocycles. The third-order valence-electron chi connectivity index (χ3n) is 2.07. The average Bonchev–Trinajstić information content (AvgIpc) is 2.27. The summed E-state index contributed by atoms with van der Waals surface area (Å²) in [6.07, 6.45) is 0.987. The standard InChI is InChI=1S/C13H20N2O2/c1-4-9-17-12-7-5-11(6-8-12)14-13(16)10-15(2)3/h5-8H,4,9-10H2,1-3H3,(H,14,16). The van der Waals surface area contributed by atoms with Crippen molar-refractivity contribution in [1.82, 2.24) is 4.90 Å². The van der Waals surface area contributed by atoms with Crippen molar-refractivity contribution >= 4 is 11.6 Å². The van der Waals surface area contributed by atoms with E-state index in [9.17, 15) is 4.79 Å². The highest BCUT2D eigenvalue weighted by Gasteiger charge is 2.03. The van der Waals surface area contributed by atoms with Crippen molar-refractivity contribution in [1.29, 1.82) is 0 Å². The Bertz CT molecular complexity index is 347. The molecular weight excluding hydrogens is 216 g/mol. The summed E-state index contributed by atoms with van der Waals surface area (Å²) in [5.74, 6) is 0.815. The number of carbonyl (C=O) groups excluding carboxylic acids is 1. The highest BCUT2D eigenvalue weighted by Crippen LogP contribution is 2.15. The van der Waals surface area contributed by atoms with E-state index < -0.39 is 0 Å². The summed E-state index contributed by atoms with van der Waals surface area (Å²) in [6, 6.07) is 7.42. The zero-order valence-electron chi connectivity index (χ0n) is 10.7. The van der Waals surface area contributed by atoms with Gasteiger partial charge >= 0.3 is 0 Å². The van der Waals surface area contributed by atoms with E-state index in [4.69, 9.17) is 4.74 Å². The fourth-order valence-electron chi connectivity index (χ4n) is 1.34. The van der Waals surface area contributed by atoms with Gasteiger partial charge in [0.2, 0.25) is 5.91 Å². The summed E-state index contributed by atoms with van der Waals surface area (Å²) < 4.78 is 5.46. The molecule has 0 aliphatic heterocycles. The molecule has 0 heterocycles. The molecule has 1 aromatic carbocycles. The van der Waals surface area contributed by atoms with Crippen molar-refractivity contribution in [2.45, 2.75) is 13.3 Å². The molecular formula is C13H20N2O2. The molecule has 0 bridgehead atoms. The Balaban J connectivity index is 2.47. The predicted molar refractivity (Wildman–Crippen MR) is 69.4 cm³/mol. The summed E-state index contributed by atoms with van der Waals surface area (Å²) in [4.78, 5) is 13.3. The van der Waals surface area contributed by atoms with Gasteiger partial charge in [-0.15, -0.1) is 0 Å². The van der Waals surface area contributed by atoms with Gasteiger partial charge in [0.15, 0.2) is 0 Å². The maximum Gasteiger partial charge on any atom is 0.238 e. The molecule has 94 valence electrons. The number of likely N-dealkylation sites (N-methyl/N-ethyl adjacent to an activating group) is 1. The summed E-state index contributed by atoms with van der Waals surface area (Å²) in [5, 5.41) is 2.82. The molecule has 0 radical (unpaired) electrons. The number of hydrogen-bond donors (Lipinski definition) is 1. The number of hydrogen-bond acceptors (Lipinski definition) is 3. The number of nitrogens with one attached hydrogen (secondary N) is 1. The Morgan fingerprint density at radius 1 is 1.29 bits per heavy atom. The summed E-state index contributed by atoms with van der Waals surface area (Å²) in [5.41, 5.74) is 0.792. The van der Waals surface area contributed by atoms with Gasteiger partial charge < -0.3 is 15.0 Å². The maximum atomic E-state index is 11.5. The van der Waals surface area contributed by atoms with Gasteiger partial charge in [-0.3, -0.25) is 4.79 Å². The van der Waals surface area contributed by atoms with Gasteiger partial charge in [0.25, 0.3) is 0 Å². The van der Waals surface area contributed by atoms with E-state index in [1.54, 1.807) is 0 Å². The third kappa shape index (κ3) is 5.36. The first kappa shape index (κ1) is 13.5. The van der Waals surface area contributed by atoms with Crippen LogP contribution in [0.1, 0.15) is 13.3 Å². The third-order valence-corrected chi connectivity index (χ3v) is 2.07. The highest BCUT2D eigenvalue weighted by molar-refractivity contribution is 5.92. The topological polar surface area (TPSA) is 41.6 Å². The minimum absolute atomic E-state index is 0.0165. The number of carbonyl (C=O) groups is 1. The molecule has 1 amide bonds. The van der Waals surface area contributed by atoms with Gasteiger partial charge in [0.05, 0.1) is 13.2 Å². The second kappa shape index (κ2) is 6.91. The van der Waals surface area contributed by atoms with Crippen LogP contribution in [0.25, 0.3) is 0 Å². The van der Waals surface area contributed by atoms with E-state index in [-0.39, 0.29) is 5.91 Å². The molecule has 0 unspecified atom stereocenters. The van der Waals surface area contributed by atoms with Crippen LogP contribution in [-0.4, -0.2) is 38.1 Å². The van der Waals surface area contributed by atoms with Crippen LogP contribution >= 0.6 is 0 Å². The van der Waals surface area contributed by atoms with E-state index >= 15 is 0 Å². The van der Waals surface area contributed by atoms with Crippen LogP contribution in [0.2, 0.25) is 0 Å². The van der Waals surface area contributed by atoms with Gasteiger partial charge in [-0.05, 0) is 44.8 Å². The second-order valence-corrected chi connectivity index (χ2v) is 4.16. The van der Waals surface area contributed by atoms with Crippen LogP contribution in [0.5, 0.6) is 5.75 Å². The van der Waals surface area contributed by atoms with E-state index in [2.05, 4.69) is 12.2 Å². The van der Waals surface area contributed by atoms with Crippen LogP contribution in [0, 0.1) is 0 Å². The number of anilines is 1. The van der Waals surface area contributed by atoms with E-state index in [1.165, 1.54) is 0 Å². The quantitative estimate of drug-likeness (QED) is 0.821. The average molecular weight is 236 g/mol. The maximum absolute atomic E-state index is 11.5. The predicted octanol–water partition coefficient (Wildman–Crippen LogP) is 1.98. The smallest absolute Gasteiger partial charge is 0.238 e. The van der Waals surface area contributed by atoms with Crippen LogP contribution in [0.3, 0.4) is 0 Å². The van der Waals surface area contributed by atoms with Gasteiger partial charge in [-0.2, -0.15) is 0 Å². The van der Waals surface area contributed by atoms with Crippen molar-refractivity contribution in [2.24, 2.45) is 0 Å². The van der Waals surface area contributed by atoms with Crippen LogP contribution in [-0.2, 0) is 4.79 Å². The van der Waals surface area contributed by atoms with Crippen LogP contribution in [0.4, 0.5) is 5.69 Å².